The summed E-state index contributed by atoms with van der Waals surface area (Å²) in [5, 5.41) is -1.21. The van der Waals surface area contributed by atoms with Crippen LogP contribution in [0, 0.1) is 0 Å². The zero-order chi connectivity index (χ0) is 19.1. The van der Waals surface area contributed by atoms with Gasteiger partial charge >= 0.3 is 7.60 Å². The first kappa shape index (κ1) is 22.5. The normalized spacial score (nSPS) is 16.4. The lowest BCUT2D eigenvalue weighted by atomic mass is 10.1. The van der Waals surface area contributed by atoms with Gasteiger partial charge in [0.15, 0.2) is 5.28 Å². The predicted molar refractivity (Wildman–Crippen MR) is 105 cm³/mol. The van der Waals surface area contributed by atoms with Crippen LogP contribution in [-0.2, 0) is 29.9 Å². The molecule has 0 aliphatic carbocycles. The van der Waals surface area contributed by atoms with E-state index in [1.165, 1.54) is 0 Å². The molecule has 1 rings (SSSR count). The van der Waals surface area contributed by atoms with E-state index in [-0.39, 0.29) is 0 Å². The van der Waals surface area contributed by atoms with E-state index in [9.17, 15) is 8.77 Å². The third kappa shape index (κ3) is 5.73. The molecule has 1 N–H and O–H groups in total. The van der Waals surface area contributed by atoms with E-state index < -0.39 is 28.6 Å². The third-order valence-corrected chi connectivity index (χ3v) is 8.03. The van der Waals surface area contributed by atoms with Gasteiger partial charge in [-0.05, 0) is 46.1 Å². The Labute approximate surface area is 155 Å². The van der Waals surface area contributed by atoms with Gasteiger partial charge in [0.2, 0.25) is 0 Å². The highest BCUT2D eigenvalue weighted by atomic mass is 32.2. The van der Waals surface area contributed by atoms with Gasteiger partial charge in [0.25, 0.3) is 0 Å². The Hall–Kier alpha value is -0.520. The number of nitrogens with one attached hydrogen (secondary N) is 1. The van der Waals surface area contributed by atoms with E-state index in [0.29, 0.717) is 26.1 Å². The minimum atomic E-state index is -3.62. The summed E-state index contributed by atoms with van der Waals surface area (Å²) >= 11 is 0. The second kappa shape index (κ2) is 9.43. The molecule has 0 radical (unpaired) electrons. The quantitative estimate of drug-likeness (QED) is 0.575. The largest absolute Gasteiger partial charge is 0.355 e. The van der Waals surface area contributed by atoms with Crippen LogP contribution in [0.5, 0.6) is 0 Å². The molecule has 0 saturated carbocycles. The van der Waals surface area contributed by atoms with Crippen LogP contribution in [0.15, 0.2) is 30.3 Å². The Morgan fingerprint density at radius 1 is 1.00 bits per heavy atom. The summed E-state index contributed by atoms with van der Waals surface area (Å²) in [4.78, 5) is 0. The van der Waals surface area contributed by atoms with E-state index in [4.69, 9.17) is 9.05 Å². The summed E-state index contributed by atoms with van der Waals surface area (Å²) in [6, 6.07) is 9.31. The Balaban J connectivity index is 3.40. The van der Waals surface area contributed by atoms with Gasteiger partial charge in [-0.3, -0.25) is 4.57 Å². The highest BCUT2D eigenvalue weighted by molar-refractivity contribution is 7.84. The van der Waals surface area contributed by atoms with E-state index >= 15 is 0 Å². The van der Waals surface area contributed by atoms with Gasteiger partial charge in [-0.1, -0.05) is 44.2 Å². The molecular formula is C18H32NO4PS. The third-order valence-electron chi connectivity index (χ3n) is 3.66. The lowest BCUT2D eigenvalue weighted by Gasteiger charge is -2.38. The fourth-order valence-electron chi connectivity index (χ4n) is 2.09. The molecule has 0 fully saturated rings. The molecule has 0 aliphatic heterocycles. The van der Waals surface area contributed by atoms with Crippen molar-refractivity contribution in [1.82, 2.24) is 4.72 Å². The molecule has 25 heavy (non-hydrogen) atoms. The van der Waals surface area contributed by atoms with Crippen molar-refractivity contribution in [2.75, 3.05) is 13.2 Å². The minimum absolute atomic E-state index is 0.313. The van der Waals surface area contributed by atoms with Crippen LogP contribution in [-0.4, -0.2) is 22.2 Å². The number of hydrogen-bond donors (Lipinski definition) is 1. The summed E-state index contributed by atoms with van der Waals surface area (Å²) in [5.41, 5.74) is 0.725. The summed E-state index contributed by atoms with van der Waals surface area (Å²) < 4.78 is 40.6. The van der Waals surface area contributed by atoms with Crippen molar-refractivity contribution in [3.8, 4) is 0 Å². The second-order valence-electron chi connectivity index (χ2n) is 7.09. The average Bonchev–Trinajstić information content (AvgIpc) is 2.57. The van der Waals surface area contributed by atoms with Crippen molar-refractivity contribution < 1.29 is 17.8 Å². The molecule has 144 valence electrons. The highest BCUT2D eigenvalue weighted by Crippen LogP contribution is 2.63. The van der Waals surface area contributed by atoms with Gasteiger partial charge < -0.3 is 9.05 Å². The molecule has 0 amide bonds. The van der Waals surface area contributed by atoms with E-state index in [0.717, 1.165) is 5.56 Å². The Bertz CT molecular complexity index is 591. The molecule has 0 aromatic heterocycles. The van der Waals surface area contributed by atoms with Crippen molar-refractivity contribution in [3.63, 3.8) is 0 Å². The van der Waals surface area contributed by atoms with Crippen molar-refractivity contribution in [2.24, 2.45) is 0 Å². The molecule has 0 saturated heterocycles. The van der Waals surface area contributed by atoms with Crippen molar-refractivity contribution in [2.45, 2.75) is 64.4 Å². The molecule has 2 atom stereocenters. The van der Waals surface area contributed by atoms with Crippen LogP contribution in [0.4, 0.5) is 0 Å². The van der Waals surface area contributed by atoms with E-state index in [1.807, 2.05) is 65.0 Å². The Morgan fingerprint density at radius 2 is 1.48 bits per heavy atom. The Kier molecular flexibility index (Phi) is 8.49. The molecular weight excluding hydrogens is 357 g/mol. The van der Waals surface area contributed by atoms with Crippen LogP contribution in [0.3, 0.4) is 0 Å². The van der Waals surface area contributed by atoms with Crippen LogP contribution < -0.4 is 4.72 Å². The van der Waals surface area contributed by atoms with E-state index in [2.05, 4.69) is 4.72 Å². The molecule has 0 heterocycles. The maximum absolute atomic E-state index is 13.8. The van der Waals surface area contributed by atoms with Gasteiger partial charge in [0.1, 0.15) is 0 Å². The van der Waals surface area contributed by atoms with Crippen molar-refractivity contribution in [1.29, 1.82) is 0 Å². The molecule has 0 spiro atoms. The fraction of sp³-hybridized carbons (Fsp3) is 0.667. The number of hydrogen-bond acceptors (Lipinski definition) is 4. The summed E-state index contributed by atoms with van der Waals surface area (Å²) in [6.07, 6.45) is 1.43. The van der Waals surface area contributed by atoms with Gasteiger partial charge in [-0.2, -0.15) is 0 Å². The second-order valence-corrected chi connectivity index (χ2v) is 11.5. The Morgan fingerprint density at radius 3 is 1.88 bits per heavy atom. The SMILES string of the molecule is CCCOP(=O)(OCCC)[C@@](C)(NS(=O)C(C)(C)C)c1ccccc1. The number of rotatable bonds is 10. The van der Waals surface area contributed by atoms with Crippen LogP contribution in [0.1, 0.15) is 59.9 Å². The van der Waals surface area contributed by atoms with Gasteiger partial charge in [-0.15, -0.1) is 0 Å². The average molecular weight is 389 g/mol. The summed E-state index contributed by atoms with van der Waals surface area (Å²) in [5.74, 6) is 0. The molecule has 1 aromatic carbocycles. The molecule has 5 nitrogen and oxygen atoms in total. The van der Waals surface area contributed by atoms with Gasteiger partial charge in [-0.25, -0.2) is 8.93 Å². The maximum Gasteiger partial charge on any atom is 0.355 e. The van der Waals surface area contributed by atoms with Gasteiger partial charge in [0.05, 0.1) is 28.9 Å². The standard InChI is InChI=1S/C18H32NO4PS/c1-7-14-22-24(20,23-15-8-2)18(6,16-12-10-9-11-13-16)19-25(21)17(3,4)5/h9-13,19H,7-8,14-15H2,1-6H3/t18-,25?/m1/s1. The smallest absolute Gasteiger partial charge is 0.307 e. The molecule has 0 aliphatic rings. The predicted octanol–water partition coefficient (Wildman–Crippen LogP) is 4.96. The lowest BCUT2D eigenvalue weighted by Crippen LogP contribution is -2.46. The van der Waals surface area contributed by atoms with Gasteiger partial charge in [0, 0.05) is 0 Å². The lowest BCUT2D eigenvalue weighted by molar-refractivity contribution is 0.182. The first-order valence-corrected chi connectivity index (χ1v) is 11.4. The molecule has 7 heteroatoms. The van der Waals surface area contributed by atoms with E-state index in [1.54, 1.807) is 6.92 Å². The summed E-state index contributed by atoms with van der Waals surface area (Å²) in [6.45, 7) is 11.9. The first-order chi connectivity index (χ1) is 11.6. The van der Waals surface area contributed by atoms with Crippen LogP contribution in [0.2, 0.25) is 0 Å². The minimum Gasteiger partial charge on any atom is -0.307 e. The monoisotopic (exact) mass is 389 g/mol. The van der Waals surface area contributed by atoms with Crippen LogP contribution in [0.25, 0.3) is 0 Å². The first-order valence-electron chi connectivity index (χ1n) is 8.75. The maximum atomic E-state index is 13.8. The molecule has 1 unspecified atom stereocenters. The topological polar surface area (TPSA) is 64.6 Å². The molecule has 0 bridgehead atoms. The molecule has 1 aromatic rings. The zero-order valence-electron chi connectivity index (χ0n) is 16.2. The zero-order valence-corrected chi connectivity index (χ0v) is 17.9. The van der Waals surface area contributed by atoms with Crippen molar-refractivity contribution >= 4 is 18.6 Å². The number of benzene rings is 1. The fourth-order valence-corrected chi connectivity index (χ4v) is 5.47. The highest BCUT2D eigenvalue weighted by Gasteiger charge is 2.50. The summed E-state index contributed by atoms with van der Waals surface area (Å²) in [7, 11) is -5.07. The van der Waals surface area contributed by atoms with Crippen LogP contribution >= 0.6 is 7.60 Å². The van der Waals surface area contributed by atoms with Crippen molar-refractivity contribution in [3.05, 3.63) is 35.9 Å².